The number of ether oxygens (including phenoxy) is 2. The van der Waals surface area contributed by atoms with E-state index in [4.69, 9.17) is 9.47 Å². The maximum atomic E-state index is 12.5. The topological polar surface area (TPSA) is 76.1 Å². The van der Waals surface area contributed by atoms with E-state index in [0.29, 0.717) is 22.6 Å². The van der Waals surface area contributed by atoms with Crippen molar-refractivity contribution in [1.82, 2.24) is 0 Å². The Bertz CT molecular complexity index is 1040. The van der Waals surface area contributed by atoms with Crippen molar-refractivity contribution in [2.24, 2.45) is 0 Å². The number of aliphatic hydroxyl groups excluding tert-OH is 1. The van der Waals surface area contributed by atoms with Gasteiger partial charge in [-0.15, -0.1) is 0 Å². The molecule has 2 amide bonds. The minimum Gasteiger partial charge on any atom is -0.491 e. The van der Waals surface area contributed by atoms with Crippen molar-refractivity contribution in [2.45, 2.75) is 13.0 Å². The van der Waals surface area contributed by atoms with Crippen molar-refractivity contribution < 1.29 is 24.2 Å². The zero-order valence-corrected chi connectivity index (χ0v) is 16.4. The van der Waals surface area contributed by atoms with Crippen molar-refractivity contribution in [3.63, 3.8) is 0 Å². The fourth-order valence-electron chi connectivity index (χ4n) is 3.26. The first-order valence-electron chi connectivity index (χ1n) is 9.62. The summed E-state index contributed by atoms with van der Waals surface area (Å²) in [6.07, 6.45) is -0.805. The molecular formula is C24H21NO5. The van der Waals surface area contributed by atoms with Gasteiger partial charge < -0.3 is 14.6 Å². The average molecular weight is 403 g/mol. The molecule has 0 unspecified atom stereocenters. The van der Waals surface area contributed by atoms with Gasteiger partial charge in [0.15, 0.2) is 0 Å². The molecule has 3 aromatic rings. The Balaban J connectivity index is 1.34. The van der Waals surface area contributed by atoms with Crippen LogP contribution in [0.2, 0.25) is 0 Å². The maximum Gasteiger partial charge on any atom is 0.266 e. The van der Waals surface area contributed by atoms with Crippen LogP contribution in [0.3, 0.4) is 0 Å². The van der Waals surface area contributed by atoms with E-state index in [0.717, 1.165) is 16.2 Å². The molecule has 6 nitrogen and oxygen atoms in total. The maximum absolute atomic E-state index is 12.5. The average Bonchev–Trinajstić information content (AvgIpc) is 3.02. The van der Waals surface area contributed by atoms with E-state index in [1.54, 1.807) is 48.5 Å². The molecule has 0 spiro atoms. The second kappa shape index (κ2) is 8.39. The number of nitrogens with zero attached hydrogens (tertiary/aromatic N) is 1. The zero-order valence-electron chi connectivity index (χ0n) is 16.4. The molecule has 3 aromatic carbocycles. The first-order valence-corrected chi connectivity index (χ1v) is 9.62. The van der Waals surface area contributed by atoms with Gasteiger partial charge in [-0.05, 0) is 55.0 Å². The molecule has 0 aromatic heterocycles. The number of imide groups is 1. The molecule has 4 rings (SSSR count). The normalized spacial score (nSPS) is 13.9. The van der Waals surface area contributed by atoms with Crippen molar-refractivity contribution in [3.05, 3.63) is 89.5 Å². The molecule has 1 aliphatic rings. The van der Waals surface area contributed by atoms with E-state index in [1.807, 2.05) is 31.2 Å². The Kier molecular flexibility index (Phi) is 5.50. The number of aryl methyl sites for hydroxylation is 1. The van der Waals surface area contributed by atoms with Gasteiger partial charge in [-0.25, -0.2) is 4.90 Å². The molecule has 1 heterocycles. The van der Waals surface area contributed by atoms with Crippen LogP contribution in [0.1, 0.15) is 26.3 Å². The van der Waals surface area contributed by atoms with E-state index in [1.165, 1.54) is 0 Å². The van der Waals surface area contributed by atoms with E-state index < -0.39 is 6.10 Å². The van der Waals surface area contributed by atoms with Gasteiger partial charge in [0, 0.05) is 0 Å². The second-order valence-electron chi connectivity index (χ2n) is 7.03. The standard InChI is InChI=1S/C24H21NO5/c1-16-6-2-5-9-22(16)30-15-18(26)14-29-19-12-10-17(11-13-19)25-23(27)20-7-3-4-8-21(20)24(25)28/h2-13,18,26H,14-15H2,1H3/t18-/m1/s1. The molecule has 152 valence electrons. The van der Waals surface area contributed by atoms with Crippen LogP contribution in [-0.2, 0) is 0 Å². The van der Waals surface area contributed by atoms with Gasteiger partial charge in [0.1, 0.15) is 30.8 Å². The molecule has 0 aliphatic carbocycles. The molecular weight excluding hydrogens is 382 g/mol. The number of hydrogen-bond donors (Lipinski definition) is 1. The van der Waals surface area contributed by atoms with Crippen molar-refractivity contribution in [1.29, 1.82) is 0 Å². The van der Waals surface area contributed by atoms with Gasteiger partial charge in [-0.1, -0.05) is 30.3 Å². The summed E-state index contributed by atoms with van der Waals surface area (Å²) >= 11 is 0. The summed E-state index contributed by atoms with van der Waals surface area (Å²) in [6.45, 7) is 2.10. The number of aliphatic hydroxyl groups is 1. The first-order chi connectivity index (χ1) is 14.5. The Morgan fingerprint density at radius 1 is 0.800 bits per heavy atom. The zero-order chi connectivity index (χ0) is 21.1. The molecule has 0 fully saturated rings. The summed E-state index contributed by atoms with van der Waals surface area (Å²) in [5, 5.41) is 10.1. The minimum atomic E-state index is -0.805. The minimum absolute atomic E-state index is 0.0538. The van der Waals surface area contributed by atoms with E-state index in [9.17, 15) is 14.7 Å². The summed E-state index contributed by atoms with van der Waals surface area (Å²) in [7, 11) is 0. The largest absolute Gasteiger partial charge is 0.491 e. The summed E-state index contributed by atoms with van der Waals surface area (Å²) in [5.41, 5.74) is 2.27. The number of amides is 2. The number of hydrogen-bond acceptors (Lipinski definition) is 5. The summed E-state index contributed by atoms with van der Waals surface area (Å²) in [5.74, 6) is 0.563. The SMILES string of the molecule is Cc1ccccc1OC[C@H](O)COc1ccc(N2C(=O)c3ccccc3C2=O)cc1. The quantitative estimate of drug-likeness (QED) is 0.610. The lowest BCUT2D eigenvalue weighted by Crippen LogP contribution is -2.29. The number of carbonyl (C=O) groups excluding carboxylic acids is 2. The first kappa shape index (κ1) is 19.7. The van der Waals surface area contributed by atoms with Crippen LogP contribution < -0.4 is 14.4 Å². The molecule has 1 N–H and O–H groups in total. The fraction of sp³-hybridized carbons (Fsp3) is 0.167. The van der Waals surface area contributed by atoms with Crippen LogP contribution in [0.4, 0.5) is 5.69 Å². The summed E-state index contributed by atoms with van der Waals surface area (Å²) in [4.78, 5) is 26.2. The molecule has 0 bridgehead atoms. The highest BCUT2D eigenvalue weighted by Crippen LogP contribution is 2.29. The van der Waals surface area contributed by atoms with Crippen molar-refractivity contribution >= 4 is 17.5 Å². The Morgan fingerprint density at radius 2 is 1.37 bits per heavy atom. The van der Waals surface area contributed by atoms with Gasteiger partial charge in [-0.2, -0.15) is 0 Å². The number of anilines is 1. The van der Waals surface area contributed by atoms with Gasteiger partial charge in [-0.3, -0.25) is 9.59 Å². The number of para-hydroxylation sites is 1. The monoisotopic (exact) mass is 403 g/mol. The lowest BCUT2D eigenvalue weighted by atomic mass is 10.1. The lowest BCUT2D eigenvalue weighted by molar-refractivity contribution is 0.0624. The van der Waals surface area contributed by atoms with Gasteiger partial charge in [0.2, 0.25) is 0 Å². The number of carbonyl (C=O) groups is 2. The van der Waals surface area contributed by atoms with E-state index in [2.05, 4.69) is 0 Å². The predicted molar refractivity (Wildman–Crippen MR) is 112 cm³/mol. The second-order valence-corrected chi connectivity index (χ2v) is 7.03. The molecule has 6 heteroatoms. The smallest absolute Gasteiger partial charge is 0.266 e. The van der Waals surface area contributed by atoms with Crippen LogP contribution >= 0.6 is 0 Å². The summed E-state index contributed by atoms with van der Waals surface area (Å²) < 4.78 is 11.2. The van der Waals surface area contributed by atoms with Gasteiger partial charge in [0.25, 0.3) is 11.8 Å². The third-order valence-electron chi connectivity index (χ3n) is 4.86. The number of benzene rings is 3. The van der Waals surface area contributed by atoms with Gasteiger partial charge >= 0.3 is 0 Å². The molecule has 1 atom stereocenters. The van der Waals surface area contributed by atoms with E-state index in [-0.39, 0.29) is 25.0 Å². The highest BCUT2D eigenvalue weighted by atomic mass is 16.5. The van der Waals surface area contributed by atoms with Crippen LogP contribution in [-0.4, -0.2) is 36.2 Å². The van der Waals surface area contributed by atoms with Crippen LogP contribution in [0.15, 0.2) is 72.8 Å². The summed E-state index contributed by atoms with van der Waals surface area (Å²) in [6, 6.07) is 21.0. The molecule has 1 aliphatic heterocycles. The Morgan fingerprint density at radius 3 is 2.00 bits per heavy atom. The van der Waals surface area contributed by atoms with Crippen LogP contribution in [0.25, 0.3) is 0 Å². The van der Waals surface area contributed by atoms with E-state index >= 15 is 0 Å². The highest BCUT2D eigenvalue weighted by Gasteiger charge is 2.36. The third kappa shape index (κ3) is 3.90. The van der Waals surface area contributed by atoms with Gasteiger partial charge in [0.05, 0.1) is 16.8 Å². The fourth-order valence-corrected chi connectivity index (χ4v) is 3.26. The molecule has 0 saturated carbocycles. The third-order valence-corrected chi connectivity index (χ3v) is 4.86. The molecule has 30 heavy (non-hydrogen) atoms. The number of rotatable bonds is 7. The van der Waals surface area contributed by atoms with Crippen molar-refractivity contribution in [2.75, 3.05) is 18.1 Å². The Hall–Kier alpha value is -3.64. The van der Waals surface area contributed by atoms with Crippen LogP contribution in [0.5, 0.6) is 11.5 Å². The molecule has 0 radical (unpaired) electrons. The Labute approximate surface area is 174 Å². The number of fused-ring (bicyclic) bond motifs is 1. The highest BCUT2D eigenvalue weighted by molar-refractivity contribution is 6.34. The predicted octanol–water partition coefficient (Wildman–Crippen LogP) is 3.61. The van der Waals surface area contributed by atoms with Crippen LogP contribution in [0, 0.1) is 6.92 Å². The van der Waals surface area contributed by atoms with Crippen molar-refractivity contribution in [3.8, 4) is 11.5 Å². The molecule has 0 saturated heterocycles. The lowest BCUT2D eigenvalue weighted by Gasteiger charge is -2.16.